The van der Waals surface area contributed by atoms with Gasteiger partial charge in [-0.1, -0.05) is 0 Å². The summed E-state index contributed by atoms with van der Waals surface area (Å²) in [4.78, 5) is 11.2. The van der Waals surface area contributed by atoms with Crippen molar-refractivity contribution >= 4 is 12.2 Å². The van der Waals surface area contributed by atoms with Crippen molar-refractivity contribution in [2.75, 3.05) is 11.9 Å². The molecule has 0 atom stereocenters. The van der Waals surface area contributed by atoms with Crippen LogP contribution in [-0.2, 0) is 4.79 Å². The van der Waals surface area contributed by atoms with Gasteiger partial charge in [0.2, 0.25) is 0 Å². The van der Waals surface area contributed by atoms with Gasteiger partial charge in [-0.05, 0) is 0 Å². The van der Waals surface area contributed by atoms with Crippen LogP contribution >= 0.6 is 0 Å². The molecule has 47 valence electrons. The largest absolute Gasteiger partial charge is 0.317 e. The maximum Gasteiger partial charge on any atom is 0.317 e. The molecular weight excluding hydrogens is 118 g/mol. The van der Waals surface area contributed by atoms with Crippen molar-refractivity contribution in [1.29, 1.82) is 0 Å². The van der Waals surface area contributed by atoms with E-state index < -0.39 is 0 Å². The third-order valence-corrected chi connectivity index (χ3v) is 0.967. The van der Waals surface area contributed by atoms with Gasteiger partial charge in [0, 0.05) is 19.3 Å². The van der Waals surface area contributed by atoms with E-state index >= 15 is 0 Å². The zero-order valence-corrected chi connectivity index (χ0v) is 4.96. The van der Waals surface area contributed by atoms with Gasteiger partial charge in [-0.2, -0.15) is 5.10 Å². The molecule has 0 aliphatic heterocycles. The lowest BCUT2D eigenvalue weighted by Crippen LogP contribution is -2.13. The van der Waals surface area contributed by atoms with Crippen LogP contribution in [0.4, 0.5) is 5.82 Å². The second kappa shape index (κ2) is 2.30. The number of rotatable bonds is 2. The molecule has 0 saturated carbocycles. The van der Waals surface area contributed by atoms with Crippen LogP contribution in [0, 0.1) is 0 Å². The summed E-state index contributed by atoms with van der Waals surface area (Å²) in [5.74, 6) is 0.574. The molecule has 1 aromatic heterocycles. The SMILES string of the molecule is CN([C]=O)c1cc[nH]n1. The number of nitrogens with one attached hydrogen (secondary N) is 1. The highest BCUT2D eigenvalue weighted by Gasteiger charge is 1.98. The van der Waals surface area contributed by atoms with E-state index in [-0.39, 0.29) is 0 Å². The smallest absolute Gasteiger partial charge is 0.290 e. The first-order valence-electron chi connectivity index (χ1n) is 2.46. The van der Waals surface area contributed by atoms with E-state index in [1.165, 1.54) is 4.90 Å². The molecule has 9 heavy (non-hydrogen) atoms. The number of anilines is 1. The molecular formula is C5H6N3O. The van der Waals surface area contributed by atoms with E-state index in [1.54, 1.807) is 25.7 Å². The molecule has 1 aromatic rings. The molecule has 1 heterocycles. The molecule has 1 rings (SSSR count). The molecule has 0 fully saturated rings. The Kier molecular flexibility index (Phi) is 1.48. The van der Waals surface area contributed by atoms with Crippen LogP contribution < -0.4 is 4.90 Å². The van der Waals surface area contributed by atoms with Gasteiger partial charge in [0.15, 0.2) is 5.82 Å². The summed E-state index contributed by atoms with van der Waals surface area (Å²) < 4.78 is 0. The molecule has 0 aliphatic carbocycles. The Morgan fingerprint density at radius 1 is 1.89 bits per heavy atom. The fourth-order valence-corrected chi connectivity index (χ4v) is 0.486. The summed E-state index contributed by atoms with van der Waals surface area (Å²) in [7, 11) is 1.59. The van der Waals surface area contributed by atoms with Gasteiger partial charge in [-0.15, -0.1) is 0 Å². The number of aromatic amines is 1. The second-order valence-corrected chi connectivity index (χ2v) is 1.58. The van der Waals surface area contributed by atoms with Crippen molar-refractivity contribution in [3.63, 3.8) is 0 Å². The Balaban J connectivity index is 2.76. The van der Waals surface area contributed by atoms with Crippen molar-refractivity contribution < 1.29 is 4.79 Å². The minimum absolute atomic E-state index is 0.574. The second-order valence-electron chi connectivity index (χ2n) is 1.58. The van der Waals surface area contributed by atoms with Crippen molar-refractivity contribution in [3.8, 4) is 0 Å². The van der Waals surface area contributed by atoms with E-state index in [4.69, 9.17) is 0 Å². The molecule has 0 bridgehead atoms. The monoisotopic (exact) mass is 124 g/mol. The fourth-order valence-electron chi connectivity index (χ4n) is 0.486. The predicted molar refractivity (Wildman–Crippen MR) is 32.7 cm³/mol. The van der Waals surface area contributed by atoms with E-state index in [1.807, 2.05) is 0 Å². The summed E-state index contributed by atoms with van der Waals surface area (Å²) >= 11 is 0. The highest BCUT2D eigenvalue weighted by atomic mass is 16.1. The molecule has 0 spiro atoms. The van der Waals surface area contributed by atoms with Gasteiger partial charge < -0.3 is 0 Å². The van der Waals surface area contributed by atoms with Crippen LogP contribution in [0.25, 0.3) is 0 Å². The maximum atomic E-state index is 9.95. The first-order valence-corrected chi connectivity index (χ1v) is 2.46. The maximum absolute atomic E-state index is 9.95. The highest BCUT2D eigenvalue weighted by Crippen LogP contribution is 2.01. The van der Waals surface area contributed by atoms with Crippen molar-refractivity contribution in [2.24, 2.45) is 0 Å². The Labute approximate surface area is 52.5 Å². The zero-order chi connectivity index (χ0) is 6.69. The first-order chi connectivity index (χ1) is 4.34. The lowest BCUT2D eigenvalue weighted by Gasteiger charge is -2.01. The molecule has 1 radical (unpaired) electrons. The van der Waals surface area contributed by atoms with Gasteiger partial charge in [-0.25, -0.2) is 0 Å². The number of hydrogen-bond donors (Lipinski definition) is 1. The first kappa shape index (κ1) is 5.81. The molecule has 0 aromatic carbocycles. The average molecular weight is 124 g/mol. The minimum Gasteiger partial charge on any atom is -0.290 e. The highest BCUT2D eigenvalue weighted by molar-refractivity contribution is 5.71. The number of H-pyrrole nitrogens is 1. The molecule has 0 unspecified atom stereocenters. The zero-order valence-electron chi connectivity index (χ0n) is 4.96. The van der Waals surface area contributed by atoms with Crippen LogP contribution in [0.5, 0.6) is 0 Å². The van der Waals surface area contributed by atoms with Crippen molar-refractivity contribution in [2.45, 2.75) is 0 Å². The summed E-state index contributed by atoms with van der Waals surface area (Å²) in [6.45, 7) is 0. The third-order valence-electron chi connectivity index (χ3n) is 0.967. The number of nitrogens with zero attached hydrogens (tertiary/aromatic N) is 2. The average Bonchev–Trinajstić information content (AvgIpc) is 2.37. The Bertz CT molecular complexity index is 182. The predicted octanol–water partition coefficient (Wildman–Crippen LogP) is -0.0869. The van der Waals surface area contributed by atoms with Crippen LogP contribution in [0.15, 0.2) is 12.3 Å². The van der Waals surface area contributed by atoms with Crippen molar-refractivity contribution in [1.82, 2.24) is 10.2 Å². The summed E-state index contributed by atoms with van der Waals surface area (Å²) in [6, 6.07) is 1.69. The molecule has 4 heteroatoms. The summed E-state index contributed by atoms with van der Waals surface area (Å²) in [5, 5.41) is 6.30. The molecule has 4 nitrogen and oxygen atoms in total. The van der Waals surface area contributed by atoms with Crippen LogP contribution in [0.2, 0.25) is 0 Å². The van der Waals surface area contributed by atoms with Gasteiger partial charge in [0.25, 0.3) is 0 Å². The summed E-state index contributed by atoms with van der Waals surface area (Å²) in [6.07, 6.45) is 3.31. The number of amides is 1. The molecule has 1 N–H and O–H groups in total. The Hall–Kier alpha value is -1.32. The van der Waals surface area contributed by atoms with Crippen LogP contribution in [-0.4, -0.2) is 23.7 Å². The number of aromatic nitrogens is 2. The Morgan fingerprint density at radius 3 is 3.11 bits per heavy atom. The Morgan fingerprint density at radius 2 is 2.67 bits per heavy atom. The van der Waals surface area contributed by atoms with Gasteiger partial charge in [0.05, 0.1) is 0 Å². The van der Waals surface area contributed by atoms with Crippen LogP contribution in [0.1, 0.15) is 0 Å². The van der Waals surface area contributed by atoms with Crippen molar-refractivity contribution in [3.05, 3.63) is 12.3 Å². The quantitative estimate of drug-likeness (QED) is 0.560. The standard InChI is InChI=1S/C5H6N3O/c1-8(4-9)5-2-3-6-7-5/h2-3H,1H3,(H,6,7). The van der Waals surface area contributed by atoms with E-state index in [0.717, 1.165) is 0 Å². The summed E-state index contributed by atoms with van der Waals surface area (Å²) in [5.41, 5.74) is 0. The molecule has 1 amide bonds. The van der Waals surface area contributed by atoms with Gasteiger partial charge in [0.1, 0.15) is 0 Å². The number of hydrogen-bond acceptors (Lipinski definition) is 2. The topological polar surface area (TPSA) is 49.0 Å². The minimum atomic E-state index is 0.574. The van der Waals surface area contributed by atoms with Gasteiger partial charge >= 0.3 is 6.41 Å². The van der Waals surface area contributed by atoms with Gasteiger partial charge in [-0.3, -0.25) is 14.8 Å². The van der Waals surface area contributed by atoms with E-state index in [2.05, 4.69) is 10.2 Å². The fraction of sp³-hybridized carbons (Fsp3) is 0.200. The number of carbonyl (C=O) groups excluding carboxylic acids is 1. The molecule has 0 saturated heterocycles. The van der Waals surface area contributed by atoms with E-state index in [0.29, 0.717) is 5.82 Å². The lowest BCUT2D eigenvalue weighted by atomic mass is 10.6. The third kappa shape index (κ3) is 1.07. The van der Waals surface area contributed by atoms with E-state index in [9.17, 15) is 4.79 Å². The van der Waals surface area contributed by atoms with Crippen LogP contribution in [0.3, 0.4) is 0 Å². The lowest BCUT2D eigenvalue weighted by molar-refractivity contribution is 0.554. The normalized spacial score (nSPS) is 9.00. The molecule has 0 aliphatic rings.